The molecule has 39 heavy (non-hydrogen) atoms. The number of hydrogen-bond acceptors (Lipinski definition) is 5. The molecule has 10 nitrogen and oxygen atoms in total. The molecule has 0 aliphatic carbocycles. The summed E-state index contributed by atoms with van der Waals surface area (Å²) in [6, 6.07) is 18.5. The third-order valence-corrected chi connectivity index (χ3v) is 5.22. The van der Waals surface area contributed by atoms with Crippen molar-refractivity contribution in [3.63, 3.8) is 0 Å². The molecule has 3 rings (SSSR count). The number of aromatic nitrogens is 1. The van der Waals surface area contributed by atoms with Crippen molar-refractivity contribution >= 4 is 34.6 Å². The first-order valence-corrected chi connectivity index (χ1v) is 11.8. The van der Waals surface area contributed by atoms with E-state index in [0.29, 0.717) is 37.9 Å². The van der Waals surface area contributed by atoms with E-state index in [1.807, 2.05) is 54.6 Å². The SMILES string of the molecule is NC(N)=NCCC[C@H](NC(=O)c1cnc2ccccc2c1)C(=O)NCCc1ccccc1.O=C(O)C(F)(F)F. The Bertz CT molecular complexity index is 1280. The van der Waals surface area contributed by atoms with Crippen LogP contribution in [0.2, 0.25) is 0 Å². The Morgan fingerprint density at radius 1 is 1.03 bits per heavy atom. The number of para-hydroxylation sites is 1. The van der Waals surface area contributed by atoms with E-state index in [-0.39, 0.29) is 17.8 Å². The minimum atomic E-state index is -5.08. The number of nitrogens with two attached hydrogens (primary N) is 2. The van der Waals surface area contributed by atoms with Crippen LogP contribution in [0.4, 0.5) is 13.2 Å². The van der Waals surface area contributed by atoms with Gasteiger partial charge in [0.1, 0.15) is 6.04 Å². The summed E-state index contributed by atoms with van der Waals surface area (Å²) in [7, 11) is 0. The van der Waals surface area contributed by atoms with Crippen LogP contribution in [0.1, 0.15) is 28.8 Å². The van der Waals surface area contributed by atoms with Gasteiger partial charge in [-0.05, 0) is 37.0 Å². The second-order valence-electron chi connectivity index (χ2n) is 8.22. The number of carboxylic acids is 1. The number of guanidine groups is 1. The van der Waals surface area contributed by atoms with Crippen molar-refractivity contribution in [2.24, 2.45) is 16.5 Å². The van der Waals surface area contributed by atoms with Crippen LogP contribution in [0.5, 0.6) is 0 Å². The lowest BCUT2D eigenvalue weighted by atomic mass is 10.1. The van der Waals surface area contributed by atoms with Gasteiger partial charge in [0.15, 0.2) is 5.96 Å². The van der Waals surface area contributed by atoms with E-state index in [1.165, 1.54) is 6.20 Å². The average Bonchev–Trinajstić information content (AvgIpc) is 2.90. The molecule has 2 aromatic carbocycles. The van der Waals surface area contributed by atoms with Gasteiger partial charge in [0.05, 0.1) is 11.1 Å². The number of nitrogens with zero attached hydrogens (tertiary/aromatic N) is 2. The summed E-state index contributed by atoms with van der Waals surface area (Å²) >= 11 is 0. The Labute approximate surface area is 222 Å². The topological polar surface area (TPSA) is 173 Å². The lowest BCUT2D eigenvalue weighted by Gasteiger charge is -2.18. The number of fused-ring (bicyclic) bond motifs is 1. The zero-order valence-corrected chi connectivity index (χ0v) is 20.8. The quantitative estimate of drug-likeness (QED) is 0.147. The summed E-state index contributed by atoms with van der Waals surface area (Å²) in [6.45, 7) is 0.851. The number of halogens is 3. The van der Waals surface area contributed by atoms with Crippen LogP contribution in [-0.2, 0) is 16.0 Å². The maximum absolute atomic E-state index is 12.8. The molecule has 0 unspecified atom stereocenters. The number of hydrogen-bond donors (Lipinski definition) is 5. The van der Waals surface area contributed by atoms with E-state index in [4.69, 9.17) is 21.4 Å². The number of aliphatic imine (C=N–C) groups is 1. The molecule has 0 fully saturated rings. The largest absolute Gasteiger partial charge is 0.490 e. The van der Waals surface area contributed by atoms with Crippen LogP contribution in [-0.4, -0.2) is 59.1 Å². The Morgan fingerprint density at radius 3 is 2.31 bits per heavy atom. The first-order chi connectivity index (χ1) is 18.5. The van der Waals surface area contributed by atoms with Crippen molar-refractivity contribution in [2.75, 3.05) is 13.1 Å². The van der Waals surface area contributed by atoms with Gasteiger partial charge in [0.25, 0.3) is 5.91 Å². The first kappa shape index (κ1) is 30.5. The zero-order chi connectivity index (χ0) is 28.8. The fraction of sp³-hybridized carbons (Fsp3) is 0.269. The van der Waals surface area contributed by atoms with Crippen molar-refractivity contribution < 1.29 is 32.7 Å². The summed E-state index contributed by atoms with van der Waals surface area (Å²) in [5, 5.41) is 13.7. The normalized spacial score (nSPS) is 11.5. The molecule has 3 aromatic rings. The molecule has 1 atom stereocenters. The molecule has 1 heterocycles. The van der Waals surface area contributed by atoms with Crippen LogP contribution < -0.4 is 22.1 Å². The predicted octanol–water partition coefficient (Wildman–Crippen LogP) is 2.38. The molecule has 13 heteroatoms. The number of alkyl halides is 3. The molecule has 0 radical (unpaired) electrons. The van der Waals surface area contributed by atoms with Gasteiger partial charge in [-0.1, -0.05) is 48.5 Å². The van der Waals surface area contributed by atoms with Crippen molar-refractivity contribution in [3.8, 4) is 0 Å². The molecule has 0 bridgehead atoms. The number of nitrogens with one attached hydrogen (secondary N) is 2. The lowest BCUT2D eigenvalue weighted by molar-refractivity contribution is -0.192. The zero-order valence-electron chi connectivity index (χ0n) is 20.8. The summed E-state index contributed by atoms with van der Waals surface area (Å²) in [5.41, 5.74) is 13.1. The van der Waals surface area contributed by atoms with Gasteiger partial charge >= 0.3 is 12.1 Å². The molecular formula is C26H29F3N6O4. The van der Waals surface area contributed by atoms with E-state index in [2.05, 4.69) is 20.6 Å². The fourth-order valence-electron chi connectivity index (χ4n) is 3.31. The van der Waals surface area contributed by atoms with Gasteiger partial charge in [0.2, 0.25) is 5.91 Å². The minimum Gasteiger partial charge on any atom is -0.475 e. The number of benzene rings is 2. The fourth-order valence-corrected chi connectivity index (χ4v) is 3.31. The summed E-state index contributed by atoms with van der Waals surface area (Å²) < 4.78 is 31.7. The predicted molar refractivity (Wildman–Crippen MR) is 140 cm³/mol. The molecule has 0 aliphatic rings. The Kier molecular flexibility index (Phi) is 11.7. The van der Waals surface area contributed by atoms with Gasteiger partial charge in [-0.2, -0.15) is 13.2 Å². The van der Waals surface area contributed by atoms with E-state index in [1.54, 1.807) is 6.07 Å². The van der Waals surface area contributed by atoms with Crippen molar-refractivity contribution in [2.45, 2.75) is 31.5 Å². The molecule has 1 aromatic heterocycles. The molecule has 0 spiro atoms. The van der Waals surface area contributed by atoms with Gasteiger partial charge in [-0.15, -0.1) is 0 Å². The number of amides is 2. The van der Waals surface area contributed by atoms with E-state index in [9.17, 15) is 22.8 Å². The molecular weight excluding hydrogens is 517 g/mol. The highest BCUT2D eigenvalue weighted by Gasteiger charge is 2.38. The van der Waals surface area contributed by atoms with Crippen LogP contribution >= 0.6 is 0 Å². The number of pyridine rings is 1. The number of carbonyl (C=O) groups is 3. The first-order valence-electron chi connectivity index (χ1n) is 11.8. The average molecular weight is 547 g/mol. The summed E-state index contributed by atoms with van der Waals surface area (Å²) in [5.74, 6) is -3.35. The smallest absolute Gasteiger partial charge is 0.475 e. The third kappa shape index (κ3) is 11.1. The standard InChI is InChI=1S/C24H28N6O2.C2HF3O2/c25-24(26)28-13-6-11-21(23(32)27-14-12-17-7-2-1-3-8-17)30-22(31)19-15-18-9-4-5-10-20(18)29-16-19;3-2(4,5)1(6)7/h1-5,7-10,15-16,21H,6,11-14H2,(H,27,32)(H,30,31)(H4,25,26,28);(H,6,7)/t21-;/m0./s1. The van der Waals surface area contributed by atoms with Crippen LogP contribution in [0, 0.1) is 0 Å². The Hall–Kier alpha value is -4.68. The van der Waals surface area contributed by atoms with Crippen LogP contribution in [0.25, 0.3) is 10.9 Å². The number of rotatable bonds is 10. The second kappa shape index (κ2) is 14.9. The highest BCUT2D eigenvalue weighted by Crippen LogP contribution is 2.14. The third-order valence-electron chi connectivity index (χ3n) is 5.22. The monoisotopic (exact) mass is 546 g/mol. The summed E-state index contributed by atoms with van der Waals surface area (Å²) in [6.07, 6.45) is -1.91. The Morgan fingerprint density at radius 2 is 1.67 bits per heavy atom. The molecule has 0 aliphatic heterocycles. The number of carbonyl (C=O) groups excluding carboxylic acids is 2. The van der Waals surface area contributed by atoms with Gasteiger partial charge in [-0.3, -0.25) is 19.6 Å². The van der Waals surface area contributed by atoms with Crippen molar-refractivity contribution in [3.05, 3.63) is 78.0 Å². The Balaban J connectivity index is 0.000000673. The molecule has 2 amide bonds. The molecule has 208 valence electrons. The highest BCUT2D eigenvalue weighted by molar-refractivity contribution is 5.99. The highest BCUT2D eigenvalue weighted by atomic mass is 19.4. The van der Waals surface area contributed by atoms with E-state index in [0.717, 1.165) is 16.5 Å². The number of aliphatic carboxylic acids is 1. The number of carboxylic acid groups (broad SMARTS) is 1. The minimum absolute atomic E-state index is 0.000126. The lowest BCUT2D eigenvalue weighted by Crippen LogP contribution is -2.47. The van der Waals surface area contributed by atoms with Crippen molar-refractivity contribution in [1.29, 1.82) is 0 Å². The maximum Gasteiger partial charge on any atom is 0.490 e. The van der Waals surface area contributed by atoms with Crippen LogP contribution in [0.15, 0.2) is 71.9 Å². The van der Waals surface area contributed by atoms with E-state index < -0.39 is 18.2 Å². The summed E-state index contributed by atoms with van der Waals surface area (Å²) in [4.78, 5) is 42.8. The molecule has 7 N–H and O–H groups in total. The van der Waals surface area contributed by atoms with E-state index >= 15 is 0 Å². The van der Waals surface area contributed by atoms with Crippen LogP contribution in [0.3, 0.4) is 0 Å². The molecule has 0 saturated heterocycles. The molecule has 0 saturated carbocycles. The second-order valence-corrected chi connectivity index (χ2v) is 8.22. The van der Waals surface area contributed by atoms with Crippen molar-refractivity contribution in [1.82, 2.24) is 15.6 Å². The van der Waals surface area contributed by atoms with Gasteiger partial charge in [0, 0.05) is 24.7 Å². The maximum atomic E-state index is 12.8. The van der Waals surface area contributed by atoms with Gasteiger partial charge in [-0.25, -0.2) is 4.79 Å². The van der Waals surface area contributed by atoms with Gasteiger partial charge < -0.3 is 27.2 Å².